The van der Waals surface area contributed by atoms with Crippen LogP contribution in [0.1, 0.15) is 54.2 Å². The van der Waals surface area contributed by atoms with Gasteiger partial charge in [0, 0.05) is 6.20 Å². The molecule has 1 atom stereocenters. The van der Waals surface area contributed by atoms with Crippen LogP contribution >= 0.6 is 11.3 Å². The maximum atomic E-state index is 13.5. The normalized spacial score (nSPS) is 16.8. The quantitative estimate of drug-likeness (QED) is 0.134. The van der Waals surface area contributed by atoms with Crippen molar-refractivity contribution in [2.45, 2.75) is 46.1 Å². The second-order valence-electron chi connectivity index (χ2n) is 9.21. The lowest BCUT2D eigenvalue weighted by atomic mass is 9.96. The van der Waals surface area contributed by atoms with Gasteiger partial charge in [-0.15, -0.1) is 10.2 Å². The third-order valence-electron chi connectivity index (χ3n) is 6.60. The number of rotatable bonds is 9. The topological polar surface area (TPSA) is 119 Å². The Morgan fingerprint density at radius 2 is 1.92 bits per heavy atom. The van der Waals surface area contributed by atoms with Gasteiger partial charge in [0.05, 0.1) is 31.0 Å². The molecular weight excluding hydrogens is 518 g/mol. The van der Waals surface area contributed by atoms with Gasteiger partial charge < -0.3 is 14.6 Å². The van der Waals surface area contributed by atoms with E-state index < -0.39 is 17.7 Å². The summed E-state index contributed by atoms with van der Waals surface area (Å²) >= 11 is 1.19. The van der Waals surface area contributed by atoms with Crippen LogP contribution in [0, 0.1) is 13.8 Å². The molecule has 1 aliphatic heterocycles. The number of Topliss-reactive ketones (excluding diaryl/α,β-unsaturated/α-hetero) is 1. The van der Waals surface area contributed by atoms with Crippen molar-refractivity contribution in [1.82, 2.24) is 19.6 Å². The van der Waals surface area contributed by atoms with Crippen molar-refractivity contribution in [2.24, 2.45) is 0 Å². The fraction of sp³-hybridized carbons (Fsp3) is 0.321. The SMILES string of the molecule is CCCCCOc1ccc(C2/C(=C(\O)c3c(C)nc4ccccn34)C(=O)C(=O)N2c2nnc(C)s2)cc1OC. The van der Waals surface area contributed by atoms with E-state index in [1.807, 2.05) is 6.07 Å². The number of amides is 1. The van der Waals surface area contributed by atoms with Crippen LogP contribution in [0.4, 0.5) is 5.13 Å². The average molecular weight is 548 g/mol. The number of ether oxygens (including phenoxy) is 2. The molecule has 0 aliphatic carbocycles. The number of aliphatic hydroxyl groups is 1. The van der Waals surface area contributed by atoms with Crippen LogP contribution in [0.5, 0.6) is 11.5 Å². The van der Waals surface area contributed by atoms with Crippen molar-refractivity contribution in [2.75, 3.05) is 18.6 Å². The molecule has 0 spiro atoms. The zero-order chi connectivity index (χ0) is 27.7. The lowest BCUT2D eigenvalue weighted by molar-refractivity contribution is -0.132. The second-order valence-corrected chi connectivity index (χ2v) is 10.4. The van der Waals surface area contributed by atoms with Crippen molar-refractivity contribution in [3.63, 3.8) is 0 Å². The summed E-state index contributed by atoms with van der Waals surface area (Å²) in [5.41, 5.74) is 1.94. The number of hydrogen-bond donors (Lipinski definition) is 1. The van der Waals surface area contributed by atoms with E-state index in [4.69, 9.17) is 9.47 Å². The fourth-order valence-corrected chi connectivity index (χ4v) is 5.48. The Labute approximate surface area is 229 Å². The van der Waals surface area contributed by atoms with Gasteiger partial charge >= 0.3 is 5.91 Å². The molecule has 0 bridgehead atoms. The first-order chi connectivity index (χ1) is 18.8. The molecule has 4 heterocycles. The number of aliphatic hydroxyl groups excluding tert-OH is 1. The van der Waals surface area contributed by atoms with Gasteiger partial charge in [-0.25, -0.2) is 4.98 Å². The number of nitrogens with zero attached hydrogens (tertiary/aromatic N) is 5. The molecule has 0 saturated carbocycles. The van der Waals surface area contributed by atoms with Gasteiger partial charge in [0.15, 0.2) is 17.3 Å². The number of aromatic nitrogens is 4. The van der Waals surface area contributed by atoms with Gasteiger partial charge in [-0.1, -0.05) is 43.2 Å². The van der Waals surface area contributed by atoms with E-state index in [-0.39, 0.29) is 16.5 Å². The summed E-state index contributed by atoms with van der Waals surface area (Å²) in [7, 11) is 1.53. The molecule has 4 aromatic rings. The highest BCUT2D eigenvalue weighted by Gasteiger charge is 2.49. The summed E-state index contributed by atoms with van der Waals surface area (Å²) in [5, 5.41) is 20.7. The van der Waals surface area contributed by atoms with Crippen LogP contribution < -0.4 is 14.4 Å². The minimum absolute atomic E-state index is 0.0692. The third kappa shape index (κ3) is 4.74. The number of ketones is 1. The summed E-state index contributed by atoms with van der Waals surface area (Å²) in [6.07, 6.45) is 4.79. The Morgan fingerprint density at radius 1 is 1.10 bits per heavy atom. The van der Waals surface area contributed by atoms with E-state index in [2.05, 4.69) is 22.1 Å². The Balaban J connectivity index is 1.67. The zero-order valence-corrected chi connectivity index (χ0v) is 23.0. The number of anilines is 1. The molecular formula is C28H29N5O5S. The number of fused-ring (bicyclic) bond motifs is 1. The van der Waals surface area contributed by atoms with E-state index in [0.29, 0.717) is 45.7 Å². The van der Waals surface area contributed by atoms with Crippen molar-refractivity contribution >= 4 is 39.6 Å². The minimum atomic E-state index is -0.978. The van der Waals surface area contributed by atoms with Gasteiger partial charge in [-0.2, -0.15) is 0 Å². The standard InChI is InChI=1S/C28H29N5O5S/c1-5-6-9-14-38-19-12-11-18(15-20(19)37-4)24-22(26(35)27(36)33(24)28-31-30-17(3)39-28)25(34)23-16(2)29-21-10-7-8-13-32(21)23/h7-8,10-13,15,24,34H,5-6,9,14H2,1-4H3/b25-22+. The molecule has 39 heavy (non-hydrogen) atoms. The number of imidazole rings is 1. The molecule has 1 N–H and O–H groups in total. The number of aryl methyl sites for hydroxylation is 2. The lowest BCUT2D eigenvalue weighted by Crippen LogP contribution is -2.29. The first-order valence-electron chi connectivity index (χ1n) is 12.7. The second kappa shape index (κ2) is 10.9. The maximum absolute atomic E-state index is 13.5. The van der Waals surface area contributed by atoms with Gasteiger partial charge in [0.2, 0.25) is 5.13 Å². The highest BCUT2D eigenvalue weighted by atomic mass is 32.1. The van der Waals surface area contributed by atoms with Crippen LogP contribution in [0.25, 0.3) is 11.4 Å². The van der Waals surface area contributed by atoms with E-state index in [1.54, 1.807) is 54.8 Å². The first-order valence-corrected chi connectivity index (χ1v) is 13.5. The van der Waals surface area contributed by atoms with Crippen LogP contribution in [-0.4, -0.2) is 50.1 Å². The van der Waals surface area contributed by atoms with Gasteiger partial charge in [0.25, 0.3) is 5.78 Å². The Bertz CT molecular complexity index is 1590. The summed E-state index contributed by atoms with van der Waals surface area (Å²) in [6, 6.07) is 9.70. The number of methoxy groups -OCH3 is 1. The van der Waals surface area contributed by atoms with E-state index in [9.17, 15) is 14.7 Å². The highest BCUT2D eigenvalue weighted by Crippen LogP contribution is 2.45. The summed E-state index contributed by atoms with van der Waals surface area (Å²) in [4.78, 5) is 32.8. The van der Waals surface area contributed by atoms with Crippen molar-refractivity contribution in [3.8, 4) is 11.5 Å². The van der Waals surface area contributed by atoms with Crippen LogP contribution in [0.15, 0.2) is 48.2 Å². The first kappa shape index (κ1) is 26.4. The van der Waals surface area contributed by atoms with E-state index in [0.717, 1.165) is 19.3 Å². The minimum Gasteiger partial charge on any atom is -0.505 e. The molecule has 3 aromatic heterocycles. The van der Waals surface area contributed by atoms with Crippen LogP contribution in [0.2, 0.25) is 0 Å². The van der Waals surface area contributed by atoms with Crippen LogP contribution in [-0.2, 0) is 9.59 Å². The largest absolute Gasteiger partial charge is 0.505 e. The Hall–Kier alpha value is -4.25. The summed E-state index contributed by atoms with van der Waals surface area (Å²) in [6.45, 7) is 6.18. The monoisotopic (exact) mass is 547 g/mol. The number of hydrogen-bond acceptors (Lipinski definition) is 9. The number of pyridine rings is 1. The number of benzene rings is 1. The predicted octanol–water partition coefficient (Wildman–Crippen LogP) is 5.01. The van der Waals surface area contributed by atoms with Crippen molar-refractivity contribution < 1.29 is 24.2 Å². The summed E-state index contributed by atoms with van der Waals surface area (Å²) < 4.78 is 13.2. The van der Waals surface area contributed by atoms with Gasteiger partial charge in [-0.3, -0.25) is 18.9 Å². The maximum Gasteiger partial charge on any atom is 0.301 e. The Kier molecular flexibility index (Phi) is 7.34. The zero-order valence-electron chi connectivity index (χ0n) is 22.2. The van der Waals surface area contributed by atoms with Gasteiger partial charge in [0.1, 0.15) is 16.3 Å². The molecule has 1 unspecified atom stereocenters. The third-order valence-corrected chi connectivity index (χ3v) is 7.44. The smallest absolute Gasteiger partial charge is 0.301 e. The molecule has 1 aromatic carbocycles. The molecule has 1 amide bonds. The van der Waals surface area contributed by atoms with Gasteiger partial charge in [-0.05, 0) is 50.1 Å². The lowest BCUT2D eigenvalue weighted by Gasteiger charge is -2.23. The molecule has 0 radical (unpaired) electrons. The molecule has 1 saturated heterocycles. The number of carbonyl (C=O) groups excluding carboxylic acids is 2. The average Bonchev–Trinajstić information content (AvgIpc) is 3.59. The van der Waals surface area contributed by atoms with E-state index in [1.165, 1.54) is 23.3 Å². The van der Waals surface area contributed by atoms with Crippen molar-refractivity contribution in [1.29, 1.82) is 0 Å². The molecule has 10 nitrogen and oxygen atoms in total. The molecule has 202 valence electrons. The molecule has 1 fully saturated rings. The fourth-order valence-electron chi connectivity index (χ4n) is 4.76. The molecule has 11 heteroatoms. The Morgan fingerprint density at radius 3 is 2.64 bits per heavy atom. The molecule has 1 aliphatic rings. The number of unbranched alkanes of at least 4 members (excludes halogenated alkanes) is 2. The molecule has 5 rings (SSSR count). The highest BCUT2D eigenvalue weighted by molar-refractivity contribution is 7.15. The predicted molar refractivity (Wildman–Crippen MR) is 147 cm³/mol. The summed E-state index contributed by atoms with van der Waals surface area (Å²) in [5.74, 6) is -0.942. The van der Waals surface area contributed by atoms with Crippen LogP contribution in [0.3, 0.4) is 0 Å². The van der Waals surface area contributed by atoms with E-state index >= 15 is 0 Å². The number of carbonyl (C=O) groups is 2. The van der Waals surface area contributed by atoms with Crippen molar-refractivity contribution in [3.05, 3.63) is 70.1 Å².